The Kier molecular flexibility index (Phi) is 6.54. The van der Waals surface area contributed by atoms with Crippen LogP contribution in [0.3, 0.4) is 0 Å². The molecular weight excluding hydrogens is 276 g/mol. The standard InChI is InChI=1S/C18H36O2Si/c1-14(17(19)16-11-9-8-10-12-16)13-15(2)20-21(6,7)18(3,4)5/h13-14,16-17,19H,8-12H2,1-7H3/b15-13-/t14-,17-/m1/s1. The second kappa shape index (κ2) is 7.32. The maximum Gasteiger partial charge on any atom is 0.250 e. The minimum absolute atomic E-state index is 0.179. The van der Waals surface area contributed by atoms with Gasteiger partial charge < -0.3 is 9.53 Å². The summed E-state index contributed by atoms with van der Waals surface area (Å²) in [5.41, 5.74) is 0. The molecule has 21 heavy (non-hydrogen) atoms. The molecule has 0 aromatic rings. The van der Waals surface area contributed by atoms with Crippen LogP contribution in [0, 0.1) is 11.8 Å². The molecule has 0 heterocycles. The summed E-state index contributed by atoms with van der Waals surface area (Å²) in [7, 11) is -1.76. The predicted molar refractivity (Wildman–Crippen MR) is 93.8 cm³/mol. The Hall–Kier alpha value is -0.283. The third-order valence-electron chi connectivity index (χ3n) is 5.39. The summed E-state index contributed by atoms with van der Waals surface area (Å²) in [6.07, 6.45) is 8.17. The maximum atomic E-state index is 10.6. The molecule has 1 aliphatic rings. The van der Waals surface area contributed by atoms with Gasteiger partial charge in [0.2, 0.25) is 8.32 Å². The van der Waals surface area contributed by atoms with Gasteiger partial charge >= 0.3 is 0 Å². The van der Waals surface area contributed by atoms with E-state index in [-0.39, 0.29) is 17.1 Å². The highest BCUT2D eigenvalue weighted by Gasteiger charge is 2.39. The fourth-order valence-electron chi connectivity index (χ4n) is 2.96. The van der Waals surface area contributed by atoms with Crippen molar-refractivity contribution in [2.75, 3.05) is 0 Å². The third-order valence-corrected chi connectivity index (χ3v) is 9.84. The maximum absolute atomic E-state index is 10.6. The number of rotatable bonds is 5. The molecule has 0 aromatic carbocycles. The summed E-state index contributed by atoms with van der Waals surface area (Å²) < 4.78 is 6.30. The van der Waals surface area contributed by atoms with Gasteiger partial charge in [0.25, 0.3) is 0 Å². The molecule has 1 fully saturated rings. The normalized spacial score (nSPS) is 22.0. The van der Waals surface area contributed by atoms with E-state index in [9.17, 15) is 5.11 Å². The summed E-state index contributed by atoms with van der Waals surface area (Å²) in [6.45, 7) is 15.5. The molecule has 0 saturated heterocycles. The predicted octanol–water partition coefficient (Wildman–Crippen LogP) is 5.49. The Morgan fingerprint density at radius 3 is 2.19 bits per heavy atom. The van der Waals surface area contributed by atoms with Crippen LogP contribution in [0.2, 0.25) is 18.1 Å². The molecule has 1 saturated carbocycles. The van der Waals surface area contributed by atoms with Gasteiger partial charge in [-0.1, -0.05) is 47.0 Å². The lowest BCUT2D eigenvalue weighted by molar-refractivity contribution is 0.0547. The van der Waals surface area contributed by atoms with Crippen LogP contribution in [0.5, 0.6) is 0 Å². The topological polar surface area (TPSA) is 29.5 Å². The van der Waals surface area contributed by atoms with Crippen LogP contribution in [0.15, 0.2) is 11.8 Å². The van der Waals surface area contributed by atoms with E-state index >= 15 is 0 Å². The fraction of sp³-hybridized carbons (Fsp3) is 0.889. The second-order valence-electron chi connectivity index (χ2n) is 8.39. The third kappa shape index (κ3) is 5.44. The van der Waals surface area contributed by atoms with Crippen molar-refractivity contribution < 1.29 is 9.53 Å². The highest BCUT2D eigenvalue weighted by Crippen LogP contribution is 2.38. The largest absolute Gasteiger partial charge is 0.547 e. The Bertz CT molecular complexity index is 349. The second-order valence-corrected chi connectivity index (χ2v) is 13.1. The molecule has 2 atom stereocenters. The molecule has 0 aliphatic heterocycles. The van der Waals surface area contributed by atoms with Crippen molar-refractivity contribution in [3.8, 4) is 0 Å². The number of aliphatic hydroxyl groups is 1. The molecule has 3 heteroatoms. The van der Waals surface area contributed by atoms with Crippen molar-refractivity contribution in [1.29, 1.82) is 0 Å². The van der Waals surface area contributed by atoms with Crippen molar-refractivity contribution in [1.82, 2.24) is 0 Å². The smallest absolute Gasteiger partial charge is 0.250 e. The van der Waals surface area contributed by atoms with Crippen LogP contribution in [0.25, 0.3) is 0 Å². The summed E-state index contributed by atoms with van der Waals surface area (Å²) >= 11 is 0. The first-order valence-electron chi connectivity index (χ1n) is 8.60. The fourth-order valence-corrected chi connectivity index (χ4v) is 4.14. The first-order chi connectivity index (χ1) is 9.54. The van der Waals surface area contributed by atoms with E-state index in [2.05, 4.69) is 46.9 Å². The Balaban J connectivity index is 2.63. The lowest BCUT2D eigenvalue weighted by Crippen LogP contribution is -2.40. The van der Waals surface area contributed by atoms with Crippen molar-refractivity contribution in [3.05, 3.63) is 11.8 Å². The van der Waals surface area contributed by atoms with E-state index in [0.29, 0.717) is 5.92 Å². The molecule has 1 aliphatic carbocycles. The van der Waals surface area contributed by atoms with E-state index in [1.54, 1.807) is 0 Å². The lowest BCUT2D eigenvalue weighted by Gasteiger charge is -2.37. The molecule has 0 aromatic heterocycles. The van der Waals surface area contributed by atoms with Gasteiger partial charge in [0.05, 0.1) is 11.9 Å². The van der Waals surface area contributed by atoms with Crippen molar-refractivity contribution in [2.24, 2.45) is 11.8 Å². The van der Waals surface area contributed by atoms with Crippen LogP contribution in [0.4, 0.5) is 0 Å². The van der Waals surface area contributed by atoms with Crippen molar-refractivity contribution >= 4 is 8.32 Å². The van der Waals surface area contributed by atoms with Crippen LogP contribution >= 0.6 is 0 Å². The Labute approximate surface area is 133 Å². The molecule has 0 unspecified atom stereocenters. The van der Waals surface area contributed by atoms with Crippen molar-refractivity contribution in [2.45, 2.75) is 91.0 Å². The zero-order valence-corrected chi connectivity index (χ0v) is 16.2. The molecule has 0 amide bonds. The quantitative estimate of drug-likeness (QED) is 0.537. The van der Waals surface area contributed by atoms with E-state index in [1.807, 2.05) is 6.92 Å². The molecule has 1 N–H and O–H groups in total. The highest BCUT2D eigenvalue weighted by atomic mass is 28.4. The molecule has 0 radical (unpaired) electrons. The van der Waals surface area contributed by atoms with Gasteiger partial charge in [-0.25, -0.2) is 0 Å². The molecule has 0 bridgehead atoms. The van der Waals surface area contributed by atoms with E-state index < -0.39 is 8.32 Å². The zero-order chi connectivity index (χ0) is 16.3. The summed E-state index contributed by atoms with van der Waals surface area (Å²) in [5, 5.41) is 10.8. The number of aliphatic hydroxyl groups excluding tert-OH is 1. The van der Waals surface area contributed by atoms with Gasteiger partial charge in [-0.05, 0) is 49.9 Å². The van der Waals surface area contributed by atoms with E-state index in [0.717, 1.165) is 5.76 Å². The van der Waals surface area contributed by atoms with Gasteiger partial charge in [-0.2, -0.15) is 0 Å². The molecular formula is C18H36O2Si. The molecule has 0 spiro atoms. The van der Waals surface area contributed by atoms with Crippen LogP contribution in [-0.4, -0.2) is 19.5 Å². The van der Waals surface area contributed by atoms with Gasteiger partial charge in [-0.15, -0.1) is 0 Å². The SMILES string of the molecule is C/C(=C/[C@@H](C)[C@@H](O)C1CCCCC1)O[Si](C)(C)C(C)(C)C. The van der Waals surface area contributed by atoms with Gasteiger partial charge in [0.15, 0.2) is 0 Å². The number of hydrogen-bond acceptors (Lipinski definition) is 2. The summed E-state index contributed by atoms with van der Waals surface area (Å²) in [6, 6.07) is 0. The zero-order valence-electron chi connectivity index (χ0n) is 15.2. The average Bonchev–Trinajstić information content (AvgIpc) is 2.36. The minimum atomic E-state index is -1.76. The van der Waals surface area contributed by atoms with Crippen molar-refractivity contribution in [3.63, 3.8) is 0 Å². The van der Waals surface area contributed by atoms with E-state index in [1.165, 1.54) is 32.1 Å². The molecule has 124 valence electrons. The minimum Gasteiger partial charge on any atom is -0.547 e. The Morgan fingerprint density at radius 2 is 1.71 bits per heavy atom. The first-order valence-corrected chi connectivity index (χ1v) is 11.5. The first kappa shape index (κ1) is 18.8. The average molecular weight is 313 g/mol. The Morgan fingerprint density at radius 1 is 1.19 bits per heavy atom. The molecule has 2 nitrogen and oxygen atoms in total. The number of allylic oxidation sites excluding steroid dienone is 1. The summed E-state index contributed by atoms with van der Waals surface area (Å²) in [5.74, 6) is 1.65. The van der Waals surface area contributed by atoms with Crippen LogP contribution < -0.4 is 0 Å². The number of hydrogen-bond donors (Lipinski definition) is 1. The monoisotopic (exact) mass is 312 g/mol. The molecule has 1 rings (SSSR count). The van der Waals surface area contributed by atoms with Crippen LogP contribution in [0.1, 0.15) is 66.7 Å². The van der Waals surface area contributed by atoms with Crippen LogP contribution in [-0.2, 0) is 4.43 Å². The van der Waals surface area contributed by atoms with Gasteiger partial charge in [0, 0.05) is 5.92 Å². The summed E-state index contributed by atoms with van der Waals surface area (Å²) in [4.78, 5) is 0. The lowest BCUT2D eigenvalue weighted by atomic mass is 9.81. The van der Waals surface area contributed by atoms with Gasteiger partial charge in [0.1, 0.15) is 0 Å². The van der Waals surface area contributed by atoms with Gasteiger partial charge in [-0.3, -0.25) is 0 Å². The van der Waals surface area contributed by atoms with E-state index in [4.69, 9.17) is 4.43 Å². The highest BCUT2D eigenvalue weighted by molar-refractivity contribution is 6.74.